The summed E-state index contributed by atoms with van der Waals surface area (Å²) in [6, 6.07) is 0.0654. The summed E-state index contributed by atoms with van der Waals surface area (Å²) in [7, 11) is 0. The summed E-state index contributed by atoms with van der Waals surface area (Å²) in [4.78, 5) is 25.0. The molecule has 0 bridgehead atoms. The fourth-order valence-corrected chi connectivity index (χ4v) is 3.06. The molecule has 1 aliphatic carbocycles. The first-order valence-corrected chi connectivity index (χ1v) is 6.81. The third kappa shape index (κ3) is 2.99. The Morgan fingerprint density at radius 3 is 2.47 bits per heavy atom. The van der Waals surface area contributed by atoms with Crippen molar-refractivity contribution in [3.8, 4) is 0 Å². The molecule has 0 radical (unpaired) electrons. The summed E-state index contributed by atoms with van der Waals surface area (Å²) >= 11 is 0. The zero-order chi connectivity index (χ0) is 12.1. The maximum Gasteiger partial charge on any atom is 0.227 e. The van der Waals surface area contributed by atoms with Crippen LogP contribution in [0.5, 0.6) is 0 Å². The number of likely N-dealkylation sites (tertiary alicyclic amines) is 1. The van der Waals surface area contributed by atoms with Gasteiger partial charge in [-0.15, -0.1) is 0 Å². The Bertz CT molecular complexity index is 275. The summed E-state index contributed by atoms with van der Waals surface area (Å²) in [6.07, 6.45) is 8.35. The van der Waals surface area contributed by atoms with E-state index in [0.717, 1.165) is 58.0 Å². The number of nitrogens with zero attached hydrogens (tertiary/aromatic N) is 1. The number of nitrogens with one attached hydrogen (secondary N) is 1. The zero-order valence-electron chi connectivity index (χ0n) is 10.4. The molecule has 2 amide bonds. The van der Waals surface area contributed by atoms with Crippen LogP contribution in [0.4, 0.5) is 0 Å². The normalized spacial score (nSPS) is 29.8. The van der Waals surface area contributed by atoms with Crippen LogP contribution in [0.2, 0.25) is 0 Å². The highest BCUT2D eigenvalue weighted by molar-refractivity contribution is 5.80. The van der Waals surface area contributed by atoms with Gasteiger partial charge in [0, 0.05) is 19.1 Å². The molecule has 0 aromatic rings. The van der Waals surface area contributed by atoms with E-state index in [2.05, 4.69) is 5.32 Å². The van der Waals surface area contributed by atoms with Crippen molar-refractivity contribution in [3.63, 3.8) is 0 Å². The number of hydrogen-bond acceptors (Lipinski definition) is 2. The monoisotopic (exact) mass is 238 g/mol. The molecule has 1 heterocycles. The molecule has 0 spiro atoms. The van der Waals surface area contributed by atoms with Crippen LogP contribution in [0.25, 0.3) is 0 Å². The van der Waals surface area contributed by atoms with E-state index in [1.165, 1.54) is 6.42 Å². The second kappa shape index (κ2) is 6.03. The van der Waals surface area contributed by atoms with Gasteiger partial charge in [0.05, 0.1) is 5.92 Å². The second-order valence-electron chi connectivity index (χ2n) is 5.17. The van der Waals surface area contributed by atoms with E-state index >= 15 is 0 Å². The van der Waals surface area contributed by atoms with Crippen molar-refractivity contribution >= 4 is 12.3 Å². The average molecular weight is 238 g/mol. The number of piperidine rings is 1. The van der Waals surface area contributed by atoms with Crippen LogP contribution >= 0.6 is 0 Å². The molecule has 0 aromatic heterocycles. The summed E-state index contributed by atoms with van der Waals surface area (Å²) in [6.45, 7) is 1.81. The largest absolute Gasteiger partial charge is 0.355 e. The first-order valence-electron chi connectivity index (χ1n) is 6.81. The molecule has 1 N–H and O–H groups in total. The molecule has 4 heteroatoms. The molecule has 2 fully saturated rings. The van der Waals surface area contributed by atoms with Gasteiger partial charge in [-0.05, 0) is 32.1 Å². The van der Waals surface area contributed by atoms with Crippen molar-refractivity contribution in [2.24, 2.45) is 5.92 Å². The maximum atomic E-state index is 12.4. The van der Waals surface area contributed by atoms with Crippen LogP contribution in [0.3, 0.4) is 0 Å². The Hall–Kier alpha value is -1.06. The maximum absolute atomic E-state index is 12.4. The van der Waals surface area contributed by atoms with Crippen molar-refractivity contribution in [2.75, 3.05) is 13.1 Å². The molecular formula is C13H22N2O2. The van der Waals surface area contributed by atoms with Gasteiger partial charge in [0.15, 0.2) is 0 Å². The highest BCUT2D eigenvalue weighted by Gasteiger charge is 2.33. The lowest BCUT2D eigenvalue weighted by molar-refractivity contribution is -0.138. The van der Waals surface area contributed by atoms with E-state index in [1.807, 2.05) is 4.90 Å². The summed E-state index contributed by atoms with van der Waals surface area (Å²) in [5, 5.41) is 2.83. The molecule has 96 valence electrons. The lowest BCUT2D eigenvalue weighted by Crippen LogP contribution is -2.48. The standard InChI is InChI=1S/C13H22N2O2/c16-10-14-12-7-3-2-6-11(12)13(17)15-8-4-1-5-9-15/h10-12H,1-9H2,(H,14,16). The van der Waals surface area contributed by atoms with Gasteiger partial charge in [0.1, 0.15) is 0 Å². The third-order valence-electron chi connectivity index (χ3n) is 4.03. The average Bonchev–Trinajstić information content (AvgIpc) is 2.40. The summed E-state index contributed by atoms with van der Waals surface area (Å²) in [5.74, 6) is 0.288. The molecule has 17 heavy (non-hydrogen) atoms. The van der Waals surface area contributed by atoms with E-state index < -0.39 is 0 Å². The lowest BCUT2D eigenvalue weighted by atomic mass is 9.83. The zero-order valence-corrected chi connectivity index (χ0v) is 10.4. The molecule has 0 aromatic carbocycles. The van der Waals surface area contributed by atoms with Crippen molar-refractivity contribution < 1.29 is 9.59 Å². The number of carbonyl (C=O) groups excluding carboxylic acids is 2. The third-order valence-corrected chi connectivity index (χ3v) is 4.03. The molecule has 4 nitrogen and oxygen atoms in total. The van der Waals surface area contributed by atoms with Crippen LogP contribution in [-0.2, 0) is 9.59 Å². The van der Waals surface area contributed by atoms with Crippen LogP contribution in [0, 0.1) is 5.92 Å². The Labute approximate surface area is 103 Å². The number of hydrogen-bond donors (Lipinski definition) is 1. The van der Waals surface area contributed by atoms with Gasteiger partial charge in [-0.1, -0.05) is 12.8 Å². The van der Waals surface area contributed by atoms with Crippen LogP contribution in [0.15, 0.2) is 0 Å². The molecule has 2 aliphatic rings. The van der Waals surface area contributed by atoms with Crippen molar-refractivity contribution in [2.45, 2.75) is 51.0 Å². The second-order valence-corrected chi connectivity index (χ2v) is 5.17. The highest BCUT2D eigenvalue weighted by atomic mass is 16.2. The van der Waals surface area contributed by atoms with Crippen LogP contribution < -0.4 is 5.32 Å². The molecule has 2 atom stereocenters. The fourth-order valence-electron chi connectivity index (χ4n) is 3.06. The van der Waals surface area contributed by atoms with Gasteiger partial charge < -0.3 is 10.2 Å². The highest BCUT2D eigenvalue weighted by Crippen LogP contribution is 2.27. The predicted molar refractivity (Wildman–Crippen MR) is 65.4 cm³/mol. The van der Waals surface area contributed by atoms with Crippen LogP contribution in [0.1, 0.15) is 44.9 Å². The molecular weight excluding hydrogens is 216 g/mol. The van der Waals surface area contributed by atoms with E-state index in [4.69, 9.17) is 0 Å². The molecule has 1 aliphatic heterocycles. The molecule has 1 saturated carbocycles. The van der Waals surface area contributed by atoms with Gasteiger partial charge in [0.2, 0.25) is 12.3 Å². The molecule has 1 saturated heterocycles. The number of carbonyl (C=O) groups is 2. The number of amides is 2. The SMILES string of the molecule is O=CNC1CCCCC1C(=O)N1CCCCC1. The van der Waals surface area contributed by atoms with Gasteiger partial charge in [0.25, 0.3) is 0 Å². The quantitative estimate of drug-likeness (QED) is 0.754. The Morgan fingerprint density at radius 1 is 1.06 bits per heavy atom. The Morgan fingerprint density at radius 2 is 1.76 bits per heavy atom. The van der Waals surface area contributed by atoms with Crippen molar-refractivity contribution in [1.29, 1.82) is 0 Å². The minimum absolute atomic E-state index is 0.0204. The summed E-state index contributed by atoms with van der Waals surface area (Å²) in [5.41, 5.74) is 0. The molecule has 2 unspecified atom stereocenters. The van der Waals surface area contributed by atoms with E-state index in [-0.39, 0.29) is 17.9 Å². The van der Waals surface area contributed by atoms with Gasteiger partial charge >= 0.3 is 0 Å². The summed E-state index contributed by atoms with van der Waals surface area (Å²) < 4.78 is 0. The van der Waals surface area contributed by atoms with Crippen LogP contribution in [-0.4, -0.2) is 36.3 Å². The Kier molecular flexibility index (Phi) is 4.40. The minimum Gasteiger partial charge on any atom is -0.355 e. The van der Waals surface area contributed by atoms with E-state index in [0.29, 0.717) is 0 Å². The van der Waals surface area contributed by atoms with E-state index in [1.54, 1.807) is 0 Å². The van der Waals surface area contributed by atoms with Gasteiger partial charge in [-0.2, -0.15) is 0 Å². The van der Waals surface area contributed by atoms with Gasteiger partial charge in [-0.25, -0.2) is 0 Å². The van der Waals surface area contributed by atoms with Gasteiger partial charge in [-0.3, -0.25) is 9.59 Å². The van der Waals surface area contributed by atoms with Crippen molar-refractivity contribution in [1.82, 2.24) is 10.2 Å². The smallest absolute Gasteiger partial charge is 0.227 e. The predicted octanol–water partition coefficient (Wildman–Crippen LogP) is 1.30. The fraction of sp³-hybridized carbons (Fsp3) is 0.846. The first kappa shape index (κ1) is 12.4. The van der Waals surface area contributed by atoms with Crippen molar-refractivity contribution in [3.05, 3.63) is 0 Å². The molecule has 2 rings (SSSR count). The number of rotatable bonds is 3. The topological polar surface area (TPSA) is 49.4 Å². The lowest BCUT2D eigenvalue weighted by Gasteiger charge is -2.36. The van der Waals surface area contributed by atoms with E-state index in [9.17, 15) is 9.59 Å². The first-order chi connectivity index (χ1) is 8.33. The minimum atomic E-state index is 0.0204. The Balaban J connectivity index is 1.96.